The number of thiophene rings is 1. The lowest BCUT2D eigenvalue weighted by atomic mass is 9.95. The van der Waals surface area contributed by atoms with E-state index in [0.717, 1.165) is 36.1 Å². The lowest BCUT2D eigenvalue weighted by molar-refractivity contribution is -0.113. The second-order valence-corrected chi connectivity index (χ2v) is 10.7. The average molecular weight is 547 g/mol. The molecule has 36 heavy (non-hydrogen) atoms. The molecule has 2 heterocycles. The van der Waals surface area contributed by atoms with Crippen molar-refractivity contribution in [2.24, 2.45) is 0 Å². The van der Waals surface area contributed by atoms with Gasteiger partial charge in [0.2, 0.25) is 5.91 Å². The van der Waals surface area contributed by atoms with Crippen LogP contribution in [0.2, 0.25) is 5.02 Å². The first-order valence-corrected chi connectivity index (χ1v) is 13.7. The fraction of sp³-hybridized carbons (Fsp3) is 0.360. The SMILES string of the molecule is C=CCn1c(SCC(=O)Nc2sc3c(c2C(=O)OC)CCCC3)nnc1C(C)Oc1cccc(Cl)c1. The molecule has 1 aromatic carbocycles. The van der Waals surface area contributed by atoms with Crippen molar-refractivity contribution in [3.05, 3.63) is 63.8 Å². The number of methoxy groups -OCH3 is 1. The third-order valence-electron chi connectivity index (χ3n) is 5.68. The lowest BCUT2D eigenvalue weighted by Gasteiger charge is -2.16. The topological polar surface area (TPSA) is 95.3 Å². The van der Waals surface area contributed by atoms with E-state index in [2.05, 4.69) is 22.1 Å². The number of carbonyl (C=O) groups is 2. The van der Waals surface area contributed by atoms with Crippen molar-refractivity contribution in [2.45, 2.75) is 50.4 Å². The Morgan fingerprint density at radius 1 is 1.33 bits per heavy atom. The number of fused-ring (bicyclic) bond motifs is 1. The van der Waals surface area contributed by atoms with Crippen LogP contribution in [0.3, 0.4) is 0 Å². The molecule has 1 N–H and O–H groups in total. The molecule has 2 aromatic heterocycles. The van der Waals surface area contributed by atoms with Crippen LogP contribution in [0.15, 0.2) is 42.1 Å². The van der Waals surface area contributed by atoms with Crippen LogP contribution in [0.25, 0.3) is 0 Å². The molecule has 8 nitrogen and oxygen atoms in total. The number of rotatable bonds is 10. The molecule has 1 aliphatic carbocycles. The maximum Gasteiger partial charge on any atom is 0.341 e. The summed E-state index contributed by atoms with van der Waals surface area (Å²) in [6.45, 7) is 6.16. The molecule has 0 saturated heterocycles. The van der Waals surface area contributed by atoms with E-state index >= 15 is 0 Å². The predicted molar refractivity (Wildman–Crippen MR) is 142 cm³/mol. The largest absolute Gasteiger partial charge is 0.483 e. The summed E-state index contributed by atoms with van der Waals surface area (Å²) in [5, 5.41) is 13.2. The highest BCUT2D eigenvalue weighted by Crippen LogP contribution is 2.38. The highest BCUT2D eigenvalue weighted by atomic mass is 35.5. The van der Waals surface area contributed by atoms with Crippen LogP contribution < -0.4 is 10.1 Å². The van der Waals surface area contributed by atoms with Gasteiger partial charge in [0.15, 0.2) is 17.1 Å². The lowest BCUT2D eigenvalue weighted by Crippen LogP contribution is -2.17. The van der Waals surface area contributed by atoms with Gasteiger partial charge in [-0.25, -0.2) is 4.79 Å². The minimum Gasteiger partial charge on any atom is -0.483 e. The summed E-state index contributed by atoms with van der Waals surface area (Å²) < 4.78 is 12.9. The maximum absolute atomic E-state index is 12.9. The number of allylic oxidation sites excluding steroid dienone is 1. The number of nitrogens with zero attached hydrogens (tertiary/aromatic N) is 3. The molecule has 11 heteroatoms. The van der Waals surface area contributed by atoms with Crippen molar-refractivity contribution in [3.8, 4) is 5.75 Å². The van der Waals surface area contributed by atoms with E-state index in [-0.39, 0.29) is 11.7 Å². The number of amides is 1. The zero-order chi connectivity index (χ0) is 25.7. The standard InChI is InChI=1S/C25H27ClN4O4S2/c1-4-12-30-22(15(2)34-17-9-7-8-16(26)13-17)28-29-25(30)35-14-20(31)27-23-21(24(32)33-3)18-10-5-6-11-19(18)36-23/h4,7-9,13,15H,1,5-6,10-12,14H2,2-3H3,(H,27,31). The van der Waals surface area contributed by atoms with Crippen molar-refractivity contribution in [1.29, 1.82) is 0 Å². The van der Waals surface area contributed by atoms with E-state index in [1.54, 1.807) is 18.2 Å². The van der Waals surface area contributed by atoms with Gasteiger partial charge >= 0.3 is 5.97 Å². The normalized spacial score (nSPS) is 13.5. The number of thioether (sulfide) groups is 1. The van der Waals surface area contributed by atoms with Gasteiger partial charge in [0.1, 0.15) is 10.8 Å². The number of ether oxygens (including phenoxy) is 2. The third kappa shape index (κ3) is 5.93. The summed E-state index contributed by atoms with van der Waals surface area (Å²) in [5.41, 5.74) is 1.49. The molecule has 1 amide bonds. The van der Waals surface area contributed by atoms with E-state index in [4.69, 9.17) is 21.1 Å². The smallest absolute Gasteiger partial charge is 0.341 e. The first kappa shape index (κ1) is 26.2. The number of hydrogen-bond donors (Lipinski definition) is 1. The van der Waals surface area contributed by atoms with Gasteiger partial charge in [0.05, 0.1) is 18.4 Å². The second kappa shape index (κ2) is 11.9. The molecule has 0 fully saturated rings. The quantitative estimate of drug-likeness (QED) is 0.197. The number of hydrogen-bond acceptors (Lipinski definition) is 8. The minimum atomic E-state index is -0.415. The molecule has 1 aliphatic rings. The van der Waals surface area contributed by atoms with Crippen molar-refractivity contribution in [3.63, 3.8) is 0 Å². The van der Waals surface area contributed by atoms with Crippen LogP contribution in [0, 0.1) is 0 Å². The van der Waals surface area contributed by atoms with Gasteiger partial charge in [-0.1, -0.05) is 35.5 Å². The molecule has 0 spiro atoms. The monoisotopic (exact) mass is 546 g/mol. The Kier molecular flexibility index (Phi) is 8.71. The number of benzene rings is 1. The first-order chi connectivity index (χ1) is 17.4. The molecule has 0 bridgehead atoms. The molecule has 3 aromatic rings. The highest BCUT2D eigenvalue weighted by molar-refractivity contribution is 7.99. The van der Waals surface area contributed by atoms with E-state index in [9.17, 15) is 9.59 Å². The Labute approximate surface area is 223 Å². The van der Waals surface area contributed by atoms with Gasteiger partial charge < -0.3 is 14.8 Å². The zero-order valence-corrected chi connectivity index (χ0v) is 22.5. The fourth-order valence-corrected chi connectivity index (χ4v) is 6.30. The van der Waals surface area contributed by atoms with Gasteiger partial charge in [-0.05, 0) is 56.4 Å². The van der Waals surface area contributed by atoms with Crippen molar-refractivity contribution in [2.75, 3.05) is 18.2 Å². The van der Waals surface area contributed by atoms with Crippen LogP contribution in [0.1, 0.15) is 52.5 Å². The summed E-state index contributed by atoms with van der Waals surface area (Å²) in [5.74, 6) is 0.679. The first-order valence-electron chi connectivity index (χ1n) is 11.5. The maximum atomic E-state index is 12.9. The van der Waals surface area contributed by atoms with Gasteiger partial charge in [0, 0.05) is 16.4 Å². The van der Waals surface area contributed by atoms with Gasteiger partial charge in [0.25, 0.3) is 0 Å². The summed E-state index contributed by atoms with van der Waals surface area (Å²) in [7, 11) is 1.36. The fourth-order valence-electron chi connectivity index (χ4n) is 4.07. The van der Waals surface area contributed by atoms with Crippen molar-refractivity contribution in [1.82, 2.24) is 14.8 Å². The predicted octanol–water partition coefficient (Wildman–Crippen LogP) is 5.72. The summed E-state index contributed by atoms with van der Waals surface area (Å²) in [4.78, 5) is 26.4. The molecule has 190 valence electrons. The molecule has 1 unspecified atom stereocenters. The molecule has 0 aliphatic heterocycles. The molecular formula is C25H27ClN4O4S2. The van der Waals surface area contributed by atoms with Gasteiger partial charge in [-0.15, -0.1) is 28.1 Å². The number of carbonyl (C=O) groups excluding carboxylic acids is 2. The number of nitrogens with one attached hydrogen (secondary N) is 1. The zero-order valence-electron chi connectivity index (χ0n) is 20.1. The number of halogens is 1. The second-order valence-electron chi connectivity index (χ2n) is 8.20. The number of aryl methyl sites for hydroxylation is 1. The van der Waals surface area contributed by atoms with Crippen molar-refractivity contribution < 1.29 is 19.1 Å². The van der Waals surface area contributed by atoms with E-state index in [1.165, 1.54) is 30.2 Å². The Morgan fingerprint density at radius 3 is 2.89 bits per heavy atom. The highest BCUT2D eigenvalue weighted by Gasteiger charge is 2.27. The van der Waals surface area contributed by atoms with Crippen LogP contribution in [0.4, 0.5) is 5.00 Å². The Bertz CT molecular complexity index is 1270. The number of aromatic nitrogens is 3. The van der Waals surface area contributed by atoms with Crippen LogP contribution in [-0.4, -0.2) is 39.5 Å². The van der Waals surface area contributed by atoms with Gasteiger partial charge in [-0.3, -0.25) is 9.36 Å². The molecule has 0 radical (unpaired) electrons. The Hall–Kier alpha value is -2.82. The summed E-state index contributed by atoms with van der Waals surface area (Å²) in [6, 6.07) is 7.14. The molecule has 0 saturated carbocycles. The Morgan fingerprint density at radius 2 is 2.14 bits per heavy atom. The van der Waals surface area contributed by atoms with E-state index < -0.39 is 12.1 Å². The minimum absolute atomic E-state index is 0.0992. The third-order valence-corrected chi connectivity index (χ3v) is 8.08. The summed E-state index contributed by atoms with van der Waals surface area (Å²) in [6.07, 6.45) is 5.18. The molecule has 1 atom stereocenters. The van der Waals surface area contributed by atoms with E-state index in [1.807, 2.05) is 23.6 Å². The average Bonchev–Trinajstić information content (AvgIpc) is 3.43. The van der Waals surface area contributed by atoms with Crippen LogP contribution >= 0.6 is 34.7 Å². The number of esters is 1. The van der Waals surface area contributed by atoms with E-state index in [0.29, 0.717) is 38.9 Å². The van der Waals surface area contributed by atoms with Crippen molar-refractivity contribution >= 4 is 51.6 Å². The van der Waals surface area contributed by atoms with Crippen LogP contribution in [0.5, 0.6) is 5.75 Å². The Balaban J connectivity index is 1.45. The number of anilines is 1. The molecule has 4 rings (SSSR count). The molecular weight excluding hydrogens is 520 g/mol. The van der Waals surface area contributed by atoms with Gasteiger partial charge in [-0.2, -0.15) is 0 Å². The van der Waals surface area contributed by atoms with Crippen LogP contribution in [-0.2, 0) is 28.9 Å². The summed E-state index contributed by atoms with van der Waals surface area (Å²) >= 11 is 8.78.